The van der Waals surface area contributed by atoms with Gasteiger partial charge in [0.15, 0.2) is 9.84 Å². The lowest BCUT2D eigenvalue weighted by molar-refractivity contribution is 0.0767. The van der Waals surface area contributed by atoms with Crippen molar-refractivity contribution >= 4 is 21.7 Å². The van der Waals surface area contributed by atoms with Gasteiger partial charge in [0.2, 0.25) is 5.95 Å². The van der Waals surface area contributed by atoms with Crippen molar-refractivity contribution in [2.24, 2.45) is 11.8 Å². The molecule has 2 heterocycles. The highest BCUT2D eigenvalue weighted by Crippen LogP contribution is 2.42. The monoisotopic (exact) mass is 406 g/mol. The first-order chi connectivity index (χ1) is 13.3. The minimum absolute atomic E-state index is 0.0281. The maximum absolute atomic E-state index is 13.0. The van der Waals surface area contributed by atoms with Crippen molar-refractivity contribution < 1.29 is 13.2 Å². The Morgan fingerprint density at radius 3 is 2.61 bits per heavy atom. The van der Waals surface area contributed by atoms with Gasteiger partial charge >= 0.3 is 0 Å². The van der Waals surface area contributed by atoms with E-state index in [1.165, 1.54) is 32.1 Å². The van der Waals surface area contributed by atoms with Crippen LogP contribution in [0.5, 0.6) is 0 Å². The van der Waals surface area contributed by atoms with E-state index in [-0.39, 0.29) is 36.4 Å². The highest BCUT2D eigenvalue weighted by atomic mass is 32.2. The van der Waals surface area contributed by atoms with E-state index in [0.717, 1.165) is 11.6 Å². The quantitative estimate of drug-likeness (QED) is 0.826. The van der Waals surface area contributed by atoms with Crippen LogP contribution < -0.4 is 5.32 Å². The Hall–Kier alpha value is -1.70. The van der Waals surface area contributed by atoms with Crippen molar-refractivity contribution in [3.8, 4) is 0 Å². The van der Waals surface area contributed by atoms with E-state index in [1.54, 1.807) is 11.1 Å². The van der Waals surface area contributed by atoms with Crippen LogP contribution >= 0.6 is 0 Å². The number of carbonyl (C=O) groups is 1. The number of hydrogen-bond acceptors (Lipinski definition) is 6. The number of aromatic nitrogens is 2. The molecule has 0 aromatic carbocycles. The summed E-state index contributed by atoms with van der Waals surface area (Å²) in [7, 11) is -3.02. The zero-order valence-corrected chi connectivity index (χ0v) is 17.5. The third-order valence-corrected chi connectivity index (χ3v) is 8.19. The summed E-state index contributed by atoms with van der Waals surface area (Å²) < 4.78 is 23.3. The van der Waals surface area contributed by atoms with Crippen LogP contribution in [0, 0.1) is 11.8 Å². The first-order valence-corrected chi connectivity index (χ1v) is 12.3. The van der Waals surface area contributed by atoms with Gasteiger partial charge in [-0.3, -0.25) is 4.79 Å². The van der Waals surface area contributed by atoms with E-state index >= 15 is 0 Å². The van der Waals surface area contributed by atoms with Crippen LogP contribution in [-0.2, 0) is 9.84 Å². The van der Waals surface area contributed by atoms with Gasteiger partial charge in [-0.1, -0.05) is 20.3 Å². The molecule has 1 aromatic rings. The van der Waals surface area contributed by atoms with Crippen LogP contribution in [-0.4, -0.2) is 59.8 Å². The normalized spacial score (nSPS) is 29.1. The van der Waals surface area contributed by atoms with Gasteiger partial charge in [-0.15, -0.1) is 0 Å². The molecule has 0 unspecified atom stereocenters. The number of nitrogens with one attached hydrogen (secondary N) is 1. The van der Waals surface area contributed by atoms with Crippen LogP contribution in [0.2, 0.25) is 0 Å². The number of nitrogens with zero attached hydrogens (tertiary/aromatic N) is 3. The molecule has 1 aromatic heterocycles. The largest absolute Gasteiger partial charge is 0.351 e. The Bertz CT molecular complexity index is 841. The summed E-state index contributed by atoms with van der Waals surface area (Å²) in [4.78, 5) is 23.7. The van der Waals surface area contributed by atoms with Crippen molar-refractivity contribution in [3.63, 3.8) is 0 Å². The van der Waals surface area contributed by atoms with Crippen molar-refractivity contribution in [1.82, 2.24) is 14.9 Å². The molecule has 1 amide bonds. The Kier molecular flexibility index (Phi) is 5.33. The van der Waals surface area contributed by atoms with Gasteiger partial charge in [-0.25, -0.2) is 18.4 Å². The number of anilines is 1. The summed E-state index contributed by atoms with van der Waals surface area (Å²) in [5.41, 5.74) is 1.22. The second kappa shape index (κ2) is 7.61. The average Bonchev–Trinajstić information content (AvgIpc) is 3.05. The molecule has 0 spiro atoms. The van der Waals surface area contributed by atoms with Crippen molar-refractivity contribution in [1.29, 1.82) is 0 Å². The van der Waals surface area contributed by atoms with Gasteiger partial charge in [0.25, 0.3) is 5.91 Å². The summed E-state index contributed by atoms with van der Waals surface area (Å²) in [6.07, 6.45) is 8.01. The predicted molar refractivity (Wildman–Crippen MR) is 108 cm³/mol. The van der Waals surface area contributed by atoms with E-state index < -0.39 is 9.84 Å². The molecule has 1 aliphatic heterocycles. The van der Waals surface area contributed by atoms with Crippen LogP contribution in [0.15, 0.2) is 6.20 Å². The number of carbonyl (C=O) groups excluding carboxylic acids is 1. The zero-order chi connectivity index (χ0) is 19.9. The highest BCUT2D eigenvalue weighted by molar-refractivity contribution is 7.91. The van der Waals surface area contributed by atoms with Crippen LogP contribution in [0.25, 0.3) is 0 Å². The number of hydrogen-bond donors (Lipinski definition) is 1. The second-order valence-corrected chi connectivity index (χ2v) is 11.2. The number of fused-ring (bicyclic) bond motifs is 2. The molecular formula is C20H30N4O3S. The molecule has 4 rings (SSSR count). The lowest BCUT2D eigenvalue weighted by atomic mass is 9.85. The van der Waals surface area contributed by atoms with Gasteiger partial charge in [0.05, 0.1) is 22.8 Å². The molecule has 28 heavy (non-hydrogen) atoms. The standard InChI is InChI=1S/C20H30N4O3S/c1-13(2)18-16(19(25)24-7-9-28(26,27)10-8-24)12-21-20(23-18)22-17-6-4-14-3-5-15(17)11-14/h12-15,17H,3-11H2,1-2H3,(H,21,22,23)/t14-,15-,17-/m1/s1. The molecule has 1 N–H and O–H groups in total. The summed E-state index contributed by atoms with van der Waals surface area (Å²) in [6.45, 7) is 4.52. The third-order valence-electron chi connectivity index (χ3n) is 6.58. The smallest absolute Gasteiger partial charge is 0.257 e. The van der Waals surface area contributed by atoms with E-state index in [2.05, 4.69) is 10.3 Å². The van der Waals surface area contributed by atoms with E-state index in [1.807, 2.05) is 13.8 Å². The molecule has 154 valence electrons. The summed E-state index contributed by atoms with van der Waals surface area (Å²) >= 11 is 0. The molecule has 8 heteroatoms. The SMILES string of the molecule is CC(C)c1nc(N[C@@H]2CC[C@H]3CC[C@@H]2C3)ncc1C(=O)N1CCS(=O)(=O)CC1. The number of rotatable bonds is 4. The molecule has 7 nitrogen and oxygen atoms in total. The van der Waals surface area contributed by atoms with Crippen molar-refractivity contribution in [2.75, 3.05) is 29.9 Å². The maximum Gasteiger partial charge on any atom is 0.257 e. The number of sulfone groups is 1. The number of amides is 1. The molecule has 3 fully saturated rings. The van der Waals surface area contributed by atoms with Gasteiger partial charge in [0.1, 0.15) is 0 Å². The molecule has 3 atom stereocenters. The van der Waals surface area contributed by atoms with Gasteiger partial charge in [-0.05, 0) is 43.4 Å². The van der Waals surface area contributed by atoms with Gasteiger partial charge in [-0.2, -0.15) is 0 Å². The third kappa shape index (κ3) is 4.02. The molecule has 1 saturated heterocycles. The Labute approximate surface area is 167 Å². The molecule has 0 radical (unpaired) electrons. The Morgan fingerprint density at radius 2 is 1.89 bits per heavy atom. The van der Waals surface area contributed by atoms with Gasteiger partial charge < -0.3 is 10.2 Å². The fourth-order valence-electron chi connectivity index (χ4n) is 4.90. The first-order valence-electron chi connectivity index (χ1n) is 10.5. The Morgan fingerprint density at radius 1 is 1.18 bits per heavy atom. The molecule has 2 bridgehead atoms. The van der Waals surface area contributed by atoms with Crippen LogP contribution in [0.1, 0.15) is 67.9 Å². The van der Waals surface area contributed by atoms with Gasteiger partial charge in [0, 0.05) is 25.3 Å². The van der Waals surface area contributed by atoms with E-state index in [0.29, 0.717) is 23.5 Å². The second-order valence-electron chi connectivity index (χ2n) is 8.86. The minimum atomic E-state index is -3.02. The molecule has 2 aliphatic carbocycles. The zero-order valence-electron chi connectivity index (χ0n) is 16.7. The summed E-state index contributed by atoms with van der Waals surface area (Å²) in [6, 6.07) is 0.424. The average molecular weight is 407 g/mol. The predicted octanol–water partition coefficient (Wildman–Crippen LogP) is 2.46. The lowest BCUT2D eigenvalue weighted by Crippen LogP contribution is -2.44. The summed E-state index contributed by atoms with van der Waals surface area (Å²) in [5.74, 6) is 2.20. The maximum atomic E-state index is 13.0. The topological polar surface area (TPSA) is 92.3 Å². The minimum Gasteiger partial charge on any atom is -0.351 e. The highest BCUT2D eigenvalue weighted by Gasteiger charge is 2.36. The van der Waals surface area contributed by atoms with Crippen LogP contribution in [0.3, 0.4) is 0 Å². The molecule has 2 saturated carbocycles. The van der Waals surface area contributed by atoms with Crippen molar-refractivity contribution in [2.45, 2.75) is 57.9 Å². The fourth-order valence-corrected chi connectivity index (χ4v) is 6.10. The molecule has 3 aliphatic rings. The summed E-state index contributed by atoms with van der Waals surface area (Å²) in [5, 5.41) is 3.53. The van der Waals surface area contributed by atoms with Crippen molar-refractivity contribution in [3.05, 3.63) is 17.5 Å². The lowest BCUT2D eigenvalue weighted by Gasteiger charge is -2.30. The van der Waals surface area contributed by atoms with E-state index in [4.69, 9.17) is 4.98 Å². The first kappa shape index (κ1) is 19.6. The van der Waals surface area contributed by atoms with Crippen LogP contribution in [0.4, 0.5) is 5.95 Å². The Balaban J connectivity index is 1.51. The van der Waals surface area contributed by atoms with E-state index in [9.17, 15) is 13.2 Å². The molecular weight excluding hydrogens is 376 g/mol. The fraction of sp³-hybridized carbons (Fsp3) is 0.750.